The smallest absolute Gasteiger partial charge is 0.164 e. The van der Waals surface area contributed by atoms with E-state index >= 15 is 0 Å². The van der Waals surface area contributed by atoms with Crippen LogP contribution in [-0.2, 0) is 0 Å². The van der Waals surface area contributed by atoms with Crippen LogP contribution in [0.15, 0.2) is 188 Å². The van der Waals surface area contributed by atoms with Crippen LogP contribution < -0.4 is 0 Å². The number of thiophene rings is 1. The zero-order chi connectivity index (χ0) is 37.0. The second-order valence-electron chi connectivity index (χ2n) is 13.9. The molecule has 0 spiro atoms. The predicted octanol–water partition coefficient (Wildman–Crippen LogP) is 13.1. The van der Waals surface area contributed by atoms with Gasteiger partial charge in [0, 0.05) is 71.3 Å². The molecule has 0 unspecified atom stereocenters. The summed E-state index contributed by atoms with van der Waals surface area (Å²) in [7, 11) is 0. The largest absolute Gasteiger partial charge is 0.308 e. The molecule has 0 N–H and O–H groups in total. The molecule has 11 aromatic rings. The van der Waals surface area contributed by atoms with Crippen molar-refractivity contribution in [3.8, 4) is 62.1 Å². The molecule has 0 aliphatic rings. The second-order valence-corrected chi connectivity index (χ2v) is 15.0. The van der Waals surface area contributed by atoms with Crippen LogP contribution in [0, 0.1) is 0 Å². The number of hydrogen-bond donors (Lipinski definition) is 0. The zero-order valence-electron chi connectivity index (χ0n) is 30.0. The lowest BCUT2D eigenvalue weighted by atomic mass is 10.0. The Labute approximate surface area is 326 Å². The fraction of sp³-hybridized carbons (Fsp3) is 0. The minimum absolute atomic E-state index is 0.615. The summed E-state index contributed by atoms with van der Waals surface area (Å²) < 4.78 is 4.98. The highest BCUT2D eigenvalue weighted by molar-refractivity contribution is 7.25. The summed E-state index contributed by atoms with van der Waals surface area (Å²) in [5.41, 5.74) is 10.5. The average molecular weight is 734 g/mol. The Kier molecular flexibility index (Phi) is 7.60. The molecule has 6 heteroatoms. The highest BCUT2D eigenvalue weighted by Gasteiger charge is 2.20. The first kappa shape index (κ1) is 32.2. The molecule has 5 nitrogen and oxygen atoms in total. The minimum atomic E-state index is 0.615. The maximum atomic E-state index is 5.05. The van der Waals surface area contributed by atoms with Gasteiger partial charge in [0.1, 0.15) is 0 Å². The van der Waals surface area contributed by atoms with Gasteiger partial charge < -0.3 is 4.57 Å². The Morgan fingerprint density at radius 3 is 1.66 bits per heavy atom. The van der Waals surface area contributed by atoms with Crippen molar-refractivity contribution in [3.63, 3.8) is 0 Å². The molecule has 56 heavy (non-hydrogen) atoms. The number of aromatic nitrogens is 5. The Balaban J connectivity index is 1.12. The van der Waals surface area contributed by atoms with Gasteiger partial charge in [-0.1, -0.05) is 133 Å². The van der Waals surface area contributed by atoms with Gasteiger partial charge in [-0.25, -0.2) is 15.0 Å². The lowest BCUT2D eigenvalue weighted by molar-refractivity contribution is 1.07. The first-order valence-corrected chi connectivity index (χ1v) is 19.4. The normalized spacial score (nSPS) is 11.6. The lowest BCUT2D eigenvalue weighted by Crippen LogP contribution is -2.01. The highest BCUT2D eigenvalue weighted by Crippen LogP contribution is 2.41. The summed E-state index contributed by atoms with van der Waals surface area (Å²) in [5.74, 6) is 1.88. The van der Waals surface area contributed by atoms with E-state index < -0.39 is 0 Å². The van der Waals surface area contributed by atoms with E-state index in [9.17, 15) is 0 Å². The fourth-order valence-electron chi connectivity index (χ4n) is 7.86. The van der Waals surface area contributed by atoms with Crippen molar-refractivity contribution in [2.45, 2.75) is 0 Å². The van der Waals surface area contributed by atoms with Crippen molar-refractivity contribution < 1.29 is 0 Å². The van der Waals surface area contributed by atoms with Crippen LogP contribution in [0.4, 0.5) is 0 Å². The fourth-order valence-corrected chi connectivity index (χ4v) is 8.95. The highest BCUT2D eigenvalue weighted by atomic mass is 32.1. The van der Waals surface area contributed by atoms with Gasteiger partial charge in [-0.15, -0.1) is 11.3 Å². The third-order valence-electron chi connectivity index (χ3n) is 10.5. The third-order valence-corrected chi connectivity index (χ3v) is 11.7. The topological polar surface area (TPSA) is 56.5 Å². The van der Waals surface area contributed by atoms with E-state index in [1.807, 2.05) is 84.4 Å². The van der Waals surface area contributed by atoms with Gasteiger partial charge in [0.05, 0.1) is 11.0 Å². The molecule has 0 saturated heterocycles. The Morgan fingerprint density at radius 2 is 0.946 bits per heavy atom. The molecule has 262 valence electrons. The van der Waals surface area contributed by atoms with E-state index in [1.54, 1.807) is 0 Å². The zero-order valence-corrected chi connectivity index (χ0v) is 30.9. The Hall–Kier alpha value is -7.28. The molecule has 0 atom stereocenters. The SMILES string of the molecule is c1ccc(-c2nc(-c3ccccc3)nc(-c3cccc(-n4c5ccc(-c6ccc7sc8ccccc8c7c6)cc5c5cncc(-c6ccccc6)c54)c3)n2)cc1. The maximum absolute atomic E-state index is 5.05. The maximum Gasteiger partial charge on any atom is 0.164 e. The van der Waals surface area contributed by atoms with Gasteiger partial charge in [-0.3, -0.25) is 4.98 Å². The third kappa shape index (κ3) is 5.46. The molecule has 4 heterocycles. The van der Waals surface area contributed by atoms with Crippen molar-refractivity contribution in [2.75, 3.05) is 0 Å². The minimum Gasteiger partial charge on any atom is -0.308 e. The van der Waals surface area contributed by atoms with Crippen LogP contribution in [0.1, 0.15) is 0 Å². The van der Waals surface area contributed by atoms with E-state index in [4.69, 9.17) is 19.9 Å². The number of benzene rings is 7. The van der Waals surface area contributed by atoms with Crippen LogP contribution in [0.25, 0.3) is 104 Å². The molecule has 7 aromatic carbocycles. The molecular weight excluding hydrogens is 703 g/mol. The average Bonchev–Trinajstić information content (AvgIpc) is 3.82. The van der Waals surface area contributed by atoms with E-state index in [0.29, 0.717) is 17.5 Å². The molecule has 0 fully saturated rings. The number of hydrogen-bond acceptors (Lipinski definition) is 5. The van der Waals surface area contributed by atoms with Crippen molar-refractivity contribution in [1.82, 2.24) is 24.5 Å². The molecule has 11 rings (SSSR count). The van der Waals surface area contributed by atoms with Crippen molar-refractivity contribution >= 4 is 53.3 Å². The van der Waals surface area contributed by atoms with Gasteiger partial charge in [0.2, 0.25) is 0 Å². The van der Waals surface area contributed by atoms with Crippen molar-refractivity contribution in [2.24, 2.45) is 0 Å². The Bertz CT molecular complexity index is 3190. The van der Waals surface area contributed by atoms with E-state index in [-0.39, 0.29) is 0 Å². The van der Waals surface area contributed by atoms with Crippen LogP contribution in [0.2, 0.25) is 0 Å². The summed E-state index contributed by atoms with van der Waals surface area (Å²) in [4.78, 5) is 19.9. The van der Waals surface area contributed by atoms with Crippen molar-refractivity contribution in [3.05, 3.63) is 188 Å². The number of fused-ring (bicyclic) bond motifs is 6. The van der Waals surface area contributed by atoms with Crippen LogP contribution in [0.3, 0.4) is 0 Å². The Morgan fingerprint density at radius 1 is 0.375 bits per heavy atom. The van der Waals surface area contributed by atoms with Crippen LogP contribution in [0.5, 0.6) is 0 Å². The van der Waals surface area contributed by atoms with Crippen LogP contribution >= 0.6 is 11.3 Å². The number of pyridine rings is 1. The summed E-state index contributed by atoms with van der Waals surface area (Å²) in [6.45, 7) is 0. The monoisotopic (exact) mass is 733 g/mol. The number of nitrogens with zero attached hydrogens (tertiary/aromatic N) is 5. The molecular formula is C50H31N5S. The first-order valence-electron chi connectivity index (χ1n) is 18.6. The predicted molar refractivity (Wildman–Crippen MR) is 232 cm³/mol. The van der Waals surface area contributed by atoms with Crippen LogP contribution in [-0.4, -0.2) is 24.5 Å². The first-order chi connectivity index (χ1) is 27.7. The summed E-state index contributed by atoms with van der Waals surface area (Å²) >= 11 is 1.84. The summed E-state index contributed by atoms with van der Waals surface area (Å²) in [5, 5.41) is 4.82. The van der Waals surface area contributed by atoms with E-state index in [1.165, 1.54) is 31.3 Å². The summed E-state index contributed by atoms with van der Waals surface area (Å²) in [6, 6.07) is 61.6. The quantitative estimate of drug-likeness (QED) is 0.171. The van der Waals surface area contributed by atoms with E-state index in [0.717, 1.165) is 55.3 Å². The molecule has 0 bridgehead atoms. The van der Waals surface area contributed by atoms with E-state index in [2.05, 4.69) is 120 Å². The van der Waals surface area contributed by atoms with Crippen molar-refractivity contribution in [1.29, 1.82) is 0 Å². The molecule has 0 aliphatic carbocycles. The molecule has 0 aliphatic heterocycles. The molecule has 4 aromatic heterocycles. The second kappa shape index (κ2) is 13.2. The van der Waals surface area contributed by atoms with Gasteiger partial charge in [-0.05, 0) is 59.2 Å². The van der Waals surface area contributed by atoms with Gasteiger partial charge in [0.15, 0.2) is 17.5 Å². The lowest BCUT2D eigenvalue weighted by Gasteiger charge is -2.13. The number of rotatable bonds is 6. The van der Waals surface area contributed by atoms with Gasteiger partial charge in [0.25, 0.3) is 0 Å². The molecule has 0 saturated carbocycles. The summed E-state index contributed by atoms with van der Waals surface area (Å²) in [6.07, 6.45) is 3.99. The van der Waals surface area contributed by atoms with Gasteiger partial charge >= 0.3 is 0 Å². The van der Waals surface area contributed by atoms with Gasteiger partial charge in [-0.2, -0.15) is 0 Å². The molecule has 0 amide bonds. The molecule has 0 radical (unpaired) electrons. The standard InChI is InChI=1S/C50H31N5S/c1-4-13-32(14-5-1)42-30-51-31-43-40-28-35(36-24-26-46-41(29-36)39-21-10-11-22-45(39)56-46)23-25-44(40)55(47(42)43)38-20-12-19-37(27-38)50-53-48(33-15-6-2-7-16-33)52-49(54-50)34-17-8-3-9-18-34/h1-31H.